The van der Waals surface area contributed by atoms with Crippen molar-refractivity contribution in [3.8, 4) is 6.07 Å². The molecule has 0 radical (unpaired) electrons. The summed E-state index contributed by atoms with van der Waals surface area (Å²) in [5.41, 5.74) is 8.13. The van der Waals surface area contributed by atoms with Crippen LogP contribution in [0.3, 0.4) is 0 Å². The van der Waals surface area contributed by atoms with Crippen molar-refractivity contribution < 1.29 is 22.7 Å². The summed E-state index contributed by atoms with van der Waals surface area (Å²) < 4.78 is 47.2. The highest BCUT2D eigenvalue weighted by molar-refractivity contribution is 6.15. The van der Waals surface area contributed by atoms with Gasteiger partial charge in [-0.1, -0.05) is 12.1 Å². The maximum atomic E-state index is 13.4. The Labute approximate surface area is 244 Å². The fraction of sp³-hybridized carbons (Fsp3) is 0.548. The molecular weight excluding hydrogens is 545 g/mol. The lowest BCUT2D eigenvalue weighted by molar-refractivity contribution is -0.138. The molecule has 1 aromatic heterocycles. The van der Waals surface area contributed by atoms with Crippen LogP contribution in [-0.4, -0.2) is 51.7 Å². The number of allylic oxidation sites excluding steroid dienone is 2. The Morgan fingerprint density at radius 3 is 2.67 bits per heavy atom. The average Bonchev–Trinajstić information content (AvgIpc) is 3.49. The molecule has 1 unspecified atom stereocenters. The van der Waals surface area contributed by atoms with E-state index in [1.54, 1.807) is 28.0 Å². The first-order valence-corrected chi connectivity index (χ1v) is 14.3. The number of nitrogens with zero attached hydrogens (tertiary/aromatic N) is 5. The second-order valence-corrected chi connectivity index (χ2v) is 12.9. The summed E-state index contributed by atoms with van der Waals surface area (Å²) in [5.74, 6) is 0.304. The number of rotatable bonds is 4. The lowest BCUT2D eigenvalue weighted by atomic mass is 9.56. The zero-order valence-electron chi connectivity index (χ0n) is 24.5. The summed E-state index contributed by atoms with van der Waals surface area (Å²) in [6, 6.07) is 6.39. The van der Waals surface area contributed by atoms with E-state index in [2.05, 4.69) is 11.2 Å². The van der Waals surface area contributed by atoms with Gasteiger partial charge in [0.1, 0.15) is 11.7 Å². The summed E-state index contributed by atoms with van der Waals surface area (Å²) >= 11 is 0. The molecular formula is C31H37F3N6O2. The van der Waals surface area contributed by atoms with Crippen LogP contribution in [0.15, 0.2) is 46.9 Å². The lowest BCUT2D eigenvalue weighted by Crippen LogP contribution is -2.45. The number of aromatic nitrogens is 2. The van der Waals surface area contributed by atoms with Gasteiger partial charge >= 0.3 is 12.3 Å². The molecule has 11 heteroatoms. The standard InChI is InChI=1S/C31H37F3N6O2/c1-19-20(6-5-7-25(19)31(32,33)34)16-40-17-22(15-38-40)27-24(14-35)26(36)23(8-10-37-27)21-12-30(13-21)9-11-39(18-30)28(41)42-29(2,3)4/h5-7,15,17,21,23H,8-13,16,18,36H2,1-4H3. The molecule has 2 fully saturated rings. The first-order valence-electron chi connectivity index (χ1n) is 14.3. The van der Waals surface area contributed by atoms with Gasteiger partial charge in [-0.2, -0.15) is 23.5 Å². The first kappa shape index (κ1) is 29.7. The molecule has 5 rings (SSSR count). The molecule has 224 valence electrons. The van der Waals surface area contributed by atoms with E-state index in [-0.39, 0.29) is 29.5 Å². The molecule has 1 aromatic carbocycles. The minimum Gasteiger partial charge on any atom is -0.444 e. The number of likely N-dealkylation sites (tertiary alicyclic amines) is 1. The fourth-order valence-electron chi connectivity index (χ4n) is 6.71. The zero-order chi connectivity index (χ0) is 30.4. The zero-order valence-corrected chi connectivity index (χ0v) is 24.5. The largest absolute Gasteiger partial charge is 0.444 e. The van der Waals surface area contributed by atoms with Crippen LogP contribution in [0.1, 0.15) is 68.7 Å². The van der Waals surface area contributed by atoms with Crippen LogP contribution in [0.4, 0.5) is 18.0 Å². The molecule has 2 aromatic rings. The van der Waals surface area contributed by atoms with Crippen molar-refractivity contribution in [2.45, 2.75) is 71.7 Å². The van der Waals surface area contributed by atoms with Gasteiger partial charge in [-0.15, -0.1) is 0 Å². The molecule has 1 saturated carbocycles. The summed E-state index contributed by atoms with van der Waals surface area (Å²) in [5, 5.41) is 14.5. The quantitative estimate of drug-likeness (QED) is 0.487. The molecule has 1 spiro atoms. The van der Waals surface area contributed by atoms with Crippen LogP contribution >= 0.6 is 0 Å². The SMILES string of the molecule is Cc1c(Cn2cc(C3=NCCC(C4CC5(CCN(C(=O)OC(C)(C)C)C5)C4)C(N)=C3C#N)cn2)cccc1C(F)(F)F. The highest BCUT2D eigenvalue weighted by Gasteiger charge is 2.52. The Kier molecular flexibility index (Phi) is 7.62. The van der Waals surface area contributed by atoms with E-state index in [0.29, 0.717) is 60.1 Å². The topological polar surface area (TPSA) is 110 Å². The Morgan fingerprint density at radius 1 is 1.26 bits per heavy atom. The second-order valence-electron chi connectivity index (χ2n) is 12.9. The molecule has 3 heterocycles. The third kappa shape index (κ3) is 5.90. The van der Waals surface area contributed by atoms with E-state index in [1.165, 1.54) is 13.0 Å². The molecule has 1 aliphatic carbocycles. The maximum absolute atomic E-state index is 13.4. The van der Waals surface area contributed by atoms with Gasteiger partial charge in [0, 0.05) is 43.0 Å². The molecule has 1 atom stereocenters. The van der Waals surface area contributed by atoms with Gasteiger partial charge in [0.15, 0.2) is 0 Å². The number of carbonyl (C=O) groups excluding carboxylic acids is 1. The maximum Gasteiger partial charge on any atom is 0.416 e. The highest BCUT2D eigenvalue weighted by Crippen LogP contribution is 2.56. The van der Waals surface area contributed by atoms with Crippen LogP contribution in [0.2, 0.25) is 0 Å². The van der Waals surface area contributed by atoms with Crippen LogP contribution in [0.25, 0.3) is 0 Å². The van der Waals surface area contributed by atoms with Crippen LogP contribution < -0.4 is 5.73 Å². The predicted molar refractivity (Wildman–Crippen MR) is 151 cm³/mol. The Bertz CT molecular complexity index is 1470. The van der Waals surface area contributed by atoms with Gasteiger partial charge in [-0.3, -0.25) is 9.67 Å². The summed E-state index contributed by atoms with van der Waals surface area (Å²) in [7, 11) is 0. The summed E-state index contributed by atoms with van der Waals surface area (Å²) in [6.07, 6.45) is 2.08. The number of aliphatic imine (C=N–C) groups is 1. The molecule has 0 bridgehead atoms. The van der Waals surface area contributed by atoms with E-state index in [4.69, 9.17) is 15.5 Å². The minimum absolute atomic E-state index is 0.00454. The summed E-state index contributed by atoms with van der Waals surface area (Å²) in [6.45, 7) is 9.05. The van der Waals surface area contributed by atoms with Crippen molar-refractivity contribution >= 4 is 11.8 Å². The number of hydrogen-bond acceptors (Lipinski definition) is 6. The molecule has 3 aliphatic rings. The molecule has 42 heavy (non-hydrogen) atoms. The van der Waals surface area contributed by atoms with E-state index in [0.717, 1.165) is 25.3 Å². The Morgan fingerprint density at radius 2 is 2.00 bits per heavy atom. The molecule has 8 nitrogen and oxygen atoms in total. The molecule has 1 saturated heterocycles. The number of ether oxygens (including phenoxy) is 1. The van der Waals surface area contributed by atoms with Gasteiger partial charge < -0.3 is 15.4 Å². The minimum atomic E-state index is -4.43. The van der Waals surface area contributed by atoms with Gasteiger partial charge in [-0.25, -0.2) is 4.79 Å². The van der Waals surface area contributed by atoms with Crippen molar-refractivity contribution in [3.63, 3.8) is 0 Å². The van der Waals surface area contributed by atoms with Gasteiger partial charge in [0.2, 0.25) is 0 Å². The Balaban J connectivity index is 1.28. The van der Waals surface area contributed by atoms with E-state index < -0.39 is 17.3 Å². The van der Waals surface area contributed by atoms with E-state index >= 15 is 0 Å². The number of nitriles is 1. The third-order valence-corrected chi connectivity index (χ3v) is 8.79. The second kappa shape index (κ2) is 10.8. The Hall–Kier alpha value is -3.81. The van der Waals surface area contributed by atoms with Crippen molar-refractivity contribution in [2.75, 3.05) is 19.6 Å². The van der Waals surface area contributed by atoms with E-state index in [9.17, 15) is 23.2 Å². The number of amides is 1. The number of nitrogens with two attached hydrogens (primary N) is 1. The predicted octanol–water partition coefficient (Wildman–Crippen LogP) is 5.84. The molecule has 2 N–H and O–H groups in total. The number of hydrogen-bond donors (Lipinski definition) is 1. The number of carbonyl (C=O) groups is 1. The van der Waals surface area contributed by atoms with Crippen molar-refractivity contribution in [1.29, 1.82) is 5.26 Å². The third-order valence-electron chi connectivity index (χ3n) is 8.79. The normalized spacial score (nSPS) is 24.7. The number of benzene rings is 1. The number of alkyl halides is 3. The lowest BCUT2D eigenvalue weighted by Gasteiger charge is -2.48. The van der Waals surface area contributed by atoms with E-state index in [1.807, 2.05) is 20.8 Å². The fourth-order valence-corrected chi connectivity index (χ4v) is 6.71. The van der Waals surface area contributed by atoms with Crippen LogP contribution in [0.5, 0.6) is 0 Å². The van der Waals surface area contributed by atoms with Crippen LogP contribution in [0, 0.1) is 35.5 Å². The average molecular weight is 583 g/mol. The molecule has 2 aliphatic heterocycles. The van der Waals surface area contributed by atoms with Crippen molar-refractivity contribution in [3.05, 3.63) is 64.1 Å². The van der Waals surface area contributed by atoms with Crippen LogP contribution in [-0.2, 0) is 17.5 Å². The number of halogens is 3. The monoisotopic (exact) mass is 582 g/mol. The van der Waals surface area contributed by atoms with Gasteiger partial charge in [-0.05, 0) is 81.9 Å². The molecule has 1 amide bonds. The highest BCUT2D eigenvalue weighted by atomic mass is 19.4. The smallest absolute Gasteiger partial charge is 0.416 e. The van der Waals surface area contributed by atoms with Gasteiger partial charge in [0.25, 0.3) is 0 Å². The summed E-state index contributed by atoms with van der Waals surface area (Å²) in [4.78, 5) is 19.1. The first-order chi connectivity index (χ1) is 19.7. The van der Waals surface area contributed by atoms with Crippen molar-refractivity contribution in [1.82, 2.24) is 14.7 Å². The van der Waals surface area contributed by atoms with Crippen molar-refractivity contribution in [2.24, 2.45) is 28.0 Å². The van der Waals surface area contributed by atoms with Gasteiger partial charge in [0.05, 0.1) is 29.6 Å².